The number of alkyl halides is 6. The van der Waals surface area contributed by atoms with Gasteiger partial charge in [0.1, 0.15) is 0 Å². The number of nitrogens with zero attached hydrogens (tertiary/aromatic N) is 3. The molecule has 5 rings (SSSR count). The molecule has 0 saturated heterocycles. The number of hydrogen-bond donors (Lipinski definition) is 1. The van der Waals surface area contributed by atoms with Crippen LogP contribution in [-0.4, -0.2) is 20.3 Å². The van der Waals surface area contributed by atoms with E-state index in [1.807, 2.05) is 0 Å². The summed E-state index contributed by atoms with van der Waals surface area (Å²) in [4.78, 5) is 20.8. The zero-order chi connectivity index (χ0) is 28.8. The molecule has 0 unspecified atom stereocenters. The average molecular weight is 595 g/mol. The van der Waals surface area contributed by atoms with Gasteiger partial charge in [-0.15, -0.1) is 0 Å². The molecule has 0 aliphatic heterocycles. The second-order valence-electron chi connectivity index (χ2n) is 8.59. The van der Waals surface area contributed by atoms with E-state index < -0.39 is 29.4 Å². The van der Waals surface area contributed by atoms with E-state index >= 15 is 0 Å². The molecule has 3 heterocycles. The number of pyridine rings is 2. The Bertz CT molecular complexity index is 1730. The van der Waals surface area contributed by atoms with E-state index in [1.54, 1.807) is 24.3 Å². The normalized spacial score (nSPS) is 12.1. The Labute approximate surface area is 232 Å². The highest BCUT2D eigenvalue weighted by Gasteiger charge is 2.32. The number of hydrogen-bond acceptors (Lipinski definition) is 3. The van der Waals surface area contributed by atoms with Crippen LogP contribution in [0.3, 0.4) is 0 Å². The van der Waals surface area contributed by atoms with Crippen LogP contribution in [0.1, 0.15) is 21.5 Å². The van der Waals surface area contributed by atoms with Crippen LogP contribution in [0.25, 0.3) is 28.2 Å². The maximum Gasteiger partial charge on any atom is 0.417 e. The van der Waals surface area contributed by atoms with Crippen molar-refractivity contribution in [2.24, 2.45) is 0 Å². The summed E-state index contributed by atoms with van der Waals surface area (Å²) in [7, 11) is 0. The van der Waals surface area contributed by atoms with Crippen LogP contribution < -0.4 is 5.32 Å². The summed E-state index contributed by atoms with van der Waals surface area (Å²) in [6.07, 6.45) is -6.13. The molecular formula is C27H14Cl2F6N4O. The summed E-state index contributed by atoms with van der Waals surface area (Å²) in [6, 6.07) is 14.0. The summed E-state index contributed by atoms with van der Waals surface area (Å²) in [6.45, 7) is 0. The first-order valence-corrected chi connectivity index (χ1v) is 12.1. The Morgan fingerprint density at radius 2 is 1.38 bits per heavy atom. The topological polar surface area (TPSA) is 59.3 Å². The lowest BCUT2D eigenvalue weighted by molar-refractivity contribution is -0.138. The van der Waals surface area contributed by atoms with Gasteiger partial charge in [-0.05, 0) is 36.4 Å². The van der Waals surface area contributed by atoms with Gasteiger partial charge < -0.3 is 9.72 Å². The third kappa shape index (κ3) is 5.61. The van der Waals surface area contributed by atoms with Gasteiger partial charge in [0.2, 0.25) is 0 Å². The van der Waals surface area contributed by atoms with E-state index in [0.717, 1.165) is 18.3 Å². The molecule has 0 fully saturated rings. The number of imidazole rings is 1. The van der Waals surface area contributed by atoms with Crippen LogP contribution in [0.2, 0.25) is 10.0 Å². The number of carbonyl (C=O) groups excluding carboxylic acids is 1. The molecule has 0 radical (unpaired) electrons. The molecule has 0 aliphatic rings. The van der Waals surface area contributed by atoms with Crippen molar-refractivity contribution >= 4 is 40.4 Å². The van der Waals surface area contributed by atoms with Crippen molar-refractivity contribution in [3.63, 3.8) is 0 Å². The molecule has 5 nitrogen and oxygen atoms in total. The molecular weight excluding hydrogens is 581 g/mol. The largest absolute Gasteiger partial charge is 0.417 e. The molecule has 0 saturated carbocycles. The molecule has 0 spiro atoms. The van der Waals surface area contributed by atoms with Gasteiger partial charge in [0.15, 0.2) is 5.65 Å². The highest BCUT2D eigenvalue weighted by atomic mass is 35.5. The Morgan fingerprint density at radius 3 is 1.98 bits per heavy atom. The standard InChI is InChI=1S/C27H14Cl2F6N4O/c28-20-9-17(26(30,31)32)11-36-23(20)15-1-3-16(4-2-15)25(40)37-19-7-5-14(6-8-19)22-13-39-12-18(27(33,34)35)10-21(29)24(39)38-22/h1-13H,(H,37,40). The van der Waals surface area contributed by atoms with Crippen molar-refractivity contribution in [1.82, 2.24) is 14.4 Å². The first kappa shape index (κ1) is 27.5. The number of amides is 1. The summed E-state index contributed by atoms with van der Waals surface area (Å²) >= 11 is 12.0. The minimum absolute atomic E-state index is 0.139. The lowest BCUT2D eigenvalue weighted by atomic mass is 10.1. The van der Waals surface area contributed by atoms with Crippen LogP contribution in [0.4, 0.5) is 32.0 Å². The summed E-state index contributed by atoms with van der Waals surface area (Å²) < 4.78 is 79.0. The molecule has 5 aromatic rings. The fourth-order valence-electron chi connectivity index (χ4n) is 3.86. The number of carbonyl (C=O) groups is 1. The predicted octanol–water partition coefficient (Wildman–Crippen LogP) is 8.66. The number of anilines is 1. The van der Waals surface area contributed by atoms with Gasteiger partial charge in [-0.2, -0.15) is 26.3 Å². The molecule has 0 aliphatic carbocycles. The van der Waals surface area contributed by atoms with Gasteiger partial charge in [-0.1, -0.05) is 47.5 Å². The van der Waals surface area contributed by atoms with Gasteiger partial charge >= 0.3 is 12.4 Å². The molecule has 1 N–H and O–H groups in total. The van der Waals surface area contributed by atoms with Crippen molar-refractivity contribution in [3.05, 3.63) is 106 Å². The lowest BCUT2D eigenvalue weighted by Crippen LogP contribution is -2.11. The molecule has 1 amide bonds. The Morgan fingerprint density at radius 1 is 0.775 bits per heavy atom. The Balaban J connectivity index is 1.30. The van der Waals surface area contributed by atoms with Crippen LogP contribution in [0.5, 0.6) is 0 Å². The van der Waals surface area contributed by atoms with Gasteiger partial charge in [-0.25, -0.2) is 4.98 Å². The van der Waals surface area contributed by atoms with Gasteiger partial charge in [0.25, 0.3) is 5.91 Å². The first-order valence-electron chi connectivity index (χ1n) is 11.3. The zero-order valence-corrected chi connectivity index (χ0v) is 21.3. The second kappa shape index (κ2) is 10.1. The molecule has 2 aromatic carbocycles. The van der Waals surface area contributed by atoms with Gasteiger partial charge in [0.05, 0.1) is 32.6 Å². The third-order valence-electron chi connectivity index (χ3n) is 5.86. The smallest absolute Gasteiger partial charge is 0.322 e. The molecule has 0 bridgehead atoms. The van der Waals surface area contributed by atoms with E-state index in [-0.39, 0.29) is 26.9 Å². The lowest BCUT2D eigenvalue weighted by Gasteiger charge is -2.10. The molecule has 40 heavy (non-hydrogen) atoms. The summed E-state index contributed by atoms with van der Waals surface area (Å²) in [5.41, 5.74) is 0.523. The quantitative estimate of drug-likeness (QED) is 0.212. The van der Waals surface area contributed by atoms with Crippen molar-refractivity contribution in [2.45, 2.75) is 12.4 Å². The molecule has 0 atom stereocenters. The van der Waals surface area contributed by atoms with E-state index in [0.29, 0.717) is 28.7 Å². The summed E-state index contributed by atoms with van der Waals surface area (Å²) in [5, 5.41) is 2.39. The fourth-order valence-corrected chi connectivity index (χ4v) is 4.40. The minimum Gasteiger partial charge on any atom is -0.322 e. The number of halogens is 8. The van der Waals surface area contributed by atoms with Gasteiger partial charge in [0, 0.05) is 41.0 Å². The van der Waals surface area contributed by atoms with Crippen LogP contribution in [0.15, 0.2) is 79.3 Å². The number of benzene rings is 2. The molecule has 13 heteroatoms. The minimum atomic E-state index is -4.57. The van der Waals surface area contributed by atoms with E-state index in [9.17, 15) is 31.1 Å². The number of fused-ring (bicyclic) bond motifs is 1. The predicted molar refractivity (Wildman–Crippen MR) is 138 cm³/mol. The fraction of sp³-hybridized carbons (Fsp3) is 0.0741. The second-order valence-corrected chi connectivity index (χ2v) is 9.41. The number of rotatable bonds is 4. The van der Waals surface area contributed by atoms with E-state index in [1.165, 1.54) is 34.9 Å². The zero-order valence-electron chi connectivity index (χ0n) is 19.8. The average Bonchev–Trinajstić information content (AvgIpc) is 3.33. The van der Waals surface area contributed by atoms with Gasteiger partial charge in [-0.3, -0.25) is 9.78 Å². The SMILES string of the molecule is O=C(Nc1ccc(-c2cn3cc(C(F)(F)F)cc(Cl)c3n2)cc1)c1ccc(-c2ncc(C(F)(F)F)cc2Cl)cc1. The van der Waals surface area contributed by atoms with Crippen LogP contribution >= 0.6 is 23.2 Å². The van der Waals surface area contributed by atoms with E-state index in [4.69, 9.17) is 23.2 Å². The van der Waals surface area contributed by atoms with Crippen molar-refractivity contribution < 1.29 is 31.1 Å². The van der Waals surface area contributed by atoms with Crippen LogP contribution in [0, 0.1) is 0 Å². The first-order chi connectivity index (χ1) is 18.8. The van der Waals surface area contributed by atoms with E-state index in [2.05, 4.69) is 15.3 Å². The highest BCUT2D eigenvalue weighted by Crippen LogP contribution is 2.35. The maximum atomic E-state index is 13.1. The Hall–Kier alpha value is -4.09. The number of aromatic nitrogens is 3. The van der Waals surface area contributed by atoms with Crippen molar-refractivity contribution in [2.75, 3.05) is 5.32 Å². The van der Waals surface area contributed by atoms with Crippen LogP contribution in [-0.2, 0) is 12.4 Å². The maximum absolute atomic E-state index is 13.1. The Kier molecular flexibility index (Phi) is 6.97. The molecule has 204 valence electrons. The third-order valence-corrected chi connectivity index (χ3v) is 6.43. The monoisotopic (exact) mass is 594 g/mol. The molecule has 3 aromatic heterocycles. The number of nitrogens with one attached hydrogen (secondary N) is 1. The van der Waals surface area contributed by atoms with Crippen molar-refractivity contribution in [1.29, 1.82) is 0 Å². The highest BCUT2D eigenvalue weighted by molar-refractivity contribution is 6.33. The van der Waals surface area contributed by atoms with Crippen molar-refractivity contribution in [3.8, 4) is 22.5 Å². The summed E-state index contributed by atoms with van der Waals surface area (Å²) in [5.74, 6) is -0.454.